The van der Waals surface area contributed by atoms with Crippen molar-refractivity contribution in [1.29, 1.82) is 0 Å². The van der Waals surface area contributed by atoms with Crippen molar-refractivity contribution in [3.8, 4) is 5.75 Å². The zero-order valence-electron chi connectivity index (χ0n) is 16.9. The van der Waals surface area contributed by atoms with Crippen LogP contribution < -0.4 is 15.5 Å². The summed E-state index contributed by atoms with van der Waals surface area (Å²) in [5.41, 5.74) is 3.76. The van der Waals surface area contributed by atoms with Crippen molar-refractivity contribution in [2.75, 3.05) is 11.9 Å². The van der Waals surface area contributed by atoms with Crippen LogP contribution in [0.4, 0.5) is 10.5 Å². The Morgan fingerprint density at radius 1 is 1.03 bits per heavy atom. The maximum atomic E-state index is 13.1. The number of carbonyl (C=O) groups excluding carboxylic acids is 2. The molecule has 1 aliphatic heterocycles. The van der Waals surface area contributed by atoms with Gasteiger partial charge in [0.25, 0.3) is 5.91 Å². The number of nitrogens with one attached hydrogen (secondary N) is 2. The number of hydrogen-bond donors (Lipinski definition) is 3. The van der Waals surface area contributed by atoms with Crippen molar-refractivity contribution in [2.24, 2.45) is 4.99 Å². The summed E-state index contributed by atoms with van der Waals surface area (Å²) < 4.78 is 0. The third kappa shape index (κ3) is 4.40. The van der Waals surface area contributed by atoms with Gasteiger partial charge in [-0.2, -0.15) is 0 Å². The predicted molar refractivity (Wildman–Crippen MR) is 119 cm³/mol. The number of fused-ring (bicyclic) bond motifs is 1. The maximum absolute atomic E-state index is 13.1. The van der Waals surface area contributed by atoms with Crippen LogP contribution in [0.15, 0.2) is 83.9 Å². The zero-order valence-corrected chi connectivity index (χ0v) is 16.9. The van der Waals surface area contributed by atoms with Gasteiger partial charge < -0.3 is 20.6 Å². The second kappa shape index (κ2) is 8.71. The molecule has 7 heteroatoms. The molecule has 0 saturated carbocycles. The molecular formula is C24H22N4O3. The van der Waals surface area contributed by atoms with Crippen LogP contribution in [-0.4, -0.2) is 36.0 Å². The second-order valence-corrected chi connectivity index (χ2v) is 7.16. The van der Waals surface area contributed by atoms with Gasteiger partial charge in [0.05, 0.1) is 11.4 Å². The van der Waals surface area contributed by atoms with Crippen molar-refractivity contribution < 1.29 is 14.7 Å². The number of aromatic hydroxyl groups is 1. The molecule has 7 nitrogen and oxygen atoms in total. The van der Waals surface area contributed by atoms with E-state index in [4.69, 9.17) is 0 Å². The molecule has 3 amide bonds. The smallest absolute Gasteiger partial charge is 0.317 e. The number of benzodiazepines with no additional fused rings is 1. The summed E-state index contributed by atoms with van der Waals surface area (Å²) in [4.78, 5) is 31.8. The van der Waals surface area contributed by atoms with E-state index in [2.05, 4.69) is 15.6 Å². The Morgan fingerprint density at radius 3 is 2.55 bits per heavy atom. The largest absolute Gasteiger partial charge is 0.508 e. The first-order valence-corrected chi connectivity index (χ1v) is 9.85. The van der Waals surface area contributed by atoms with E-state index in [0.717, 1.165) is 22.4 Å². The molecule has 0 spiro atoms. The van der Waals surface area contributed by atoms with Crippen molar-refractivity contribution >= 4 is 23.3 Å². The number of para-hydroxylation sites is 1. The molecule has 3 aromatic carbocycles. The molecule has 0 aliphatic carbocycles. The van der Waals surface area contributed by atoms with Crippen molar-refractivity contribution in [1.82, 2.24) is 10.6 Å². The number of hydrogen-bond acceptors (Lipinski definition) is 4. The Labute approximate surface area is 180 Å². The van der Waals surface area contributed by atoms with Gasteiger partial charge in [-0.15, -0.1) is 0 Å². The monoisotopic (exact) mass is 414 g/mol. The summed E-state index contributed by atoms with van der Waals surface area (Å²) in [6, 6.07) is 23.2. The quantitative estimate of drug-likeness (QED) is 0.613. The number of nitrogens with zero attached hydrogens (tertiary/aromatic N) is 2. The highest BCUT2D eigenvalue weighted by Crippen LogP contribution is 2.27. The fraction of sp³-hybridized carbons (Fsp3) is 0.125. The number of phenols is 1. The van der Waals surface area contributed by atoms with Crippen molar-refractivity contribution in [3.05, 3.63) is 95.6 Å². The van der Waals surface area contributed by atoms with E-state index >= 15 is 0 Å². The maximum Gasteiger partial charge on any atom is 0.317 e. The fourth-order valence-electron chi connectivity index (χ4n) is 3.47. The van der Waals surface area contributed by atoms with Crippen LogP contribution in [0.5, 0.6) is 5.75 Å². The lowest BCUT2D eigenvalue weighted by Gasteiger charge is -2.21. The SMILES string of the molecule is CN1C(=O)[C@H](NC(=O)NCc2cccc(O)c2)N=C(c2ccccc2)c2ccccc21. The van der Waals surface area contributed by atoms with Gasteiger partial charge in [0, 0.05) is 24.7 Å². The highest BCUT2D eigenvalue weighted by molar-refractivity contribution is 6.20. The topological polar surface area (TPSA) is 94.0 Å². The highest BCUT2D eigenvalue weighted by atomic mass is 16.3. The molecule has 0 bridgehead atoms. The molecule has 3 aromatic rings. The summed E-state index contributed by atoms with van der Waals surface area (Å²) in [5, 5.41) is 14.9. The molecular weight excluding hydrogens is 392 g/mol. The Balaban J connectivity index is 1.61. The van der Waals surface area contributed by atoms with Gasteiger partial charge in [0.1, 0.15) is 5.75 Å². The van der Waals surface area contributed by atoms with Crippen molar-refractivity contribution in [2.45, 2.75) is 12.7 Å². The molecule has 1 heterocycles. The van der Waals surface area contributed by atoms with E-state index in [9.17, 15) is 14.7 Å². The van der Waals surface area contributed by atoms with Crippen LogP contribution >= 0.6 is 0 Å². The number of amides is 3. The molecule has 0 radical (unpaired) electrons. The first-order valence-electron chi connectivity index (χ1n) is 9.85. The van der Waals surface area contributed by atoms with E-state index in [-0.39, 0.29) is 18.2 Å². The summed E-state index contributed by atoms with van der Waals surface area (Å²) in [5.74, 6) is -0.221. The lowest BCUT2D eigenvalue weighted by Crippen LogP contribution is -2.49. The van der Waals surface area contributed by atoms with Crippen LogP contribution in [0.2, 0.25) is 0 Å². The van der Waals surface area contributed by atoms with E-state index in [1.807, 2.05) is 54.6 Å². The van der Waals surface area contributed by atoms with Gasteiger partial charge in [0.2, 0.25) is 6.17 Å². The molecule has 0 saturated heterocycles. The van der Waals surface area contributed by atoms with Crippen molar-refractivity contribution in [3.63, 3.8) is 0 Å². The zero-order chi connectivity index (χ0) is 21.8. The Morgan fingerprint density at radius 2 is 1.77 bits per heavy atom. The van der Waals surface area contributed by atoms with E-state index in [1.165, 1.54) is 4.90 Å². The van der Waals surface area contributed by atoms with Crippen LogP contribution in [0.3, 0.4) is 0 Å². The fourth-order valence-corrected chi connectivity index (χ4v) is 3.47. The highest BCUT2D eigenvalue weighted by Gasteiger charge is 2.30. The summed E-state index contributed by atoms with van der Waals surface area (Å²) in [6.07, 6.45) is -1.09. The van der Waals surface area contributed by atoms with Gasteiger partial charge in [-0.1, -0.05) is 60.7 Å². The minimum absolute atomic E-state index is 0.121. The molecule has 156 valence electrons. The van der Waals surface area contributed by atoms with Gasteiger partial charge in [-0.05, 0) is 23.8 Å². The molecule has 31 heavy (non-hydrogen) atoms. The second-order valence-electron chi connectivity index (χ2n) is 7.16. The molecule has 1 aliphatic rings. The number of anilines is 1. The molecule has 1 atom stereocenters. The molecule has 3 N–H and O–H groups in total. The summed E-state index contributed by atoms with van der Waals surface area (Å²) >= 11 is 0. The first-order chi connectivity index (χ1) is 15.0. The first kappa shape index (κ1) is 20.2. The lowest BCUT2D eigenvalue weighted by molar-refractivity contribution is -0.119. The minimum atomic E-state index is -1.09. The van der Waals surface area contributed by atoms with Crippen LogP contribution in [0, 0.1) is 0 Å². The number of carbonyl (C=O) groups is 2. The summed E-state index contributed by atoms with van der Waals surface area (Å²) in [6.45, 7) is 0.201. The Bertz CT molecular complexity index is 1140. The number of rotatable bonds is 4. The normalized spacial score (nSPS) is 15.5. The third-order valence-electron chi connectivity index (χ3n) is 5.02. The van der Waals surface area contributed by atoms with Crippen LogP contribution in [0.25, 0.3) is 0 Å². The average molecular weight is 414 g/mol. The lowest BCUT2D eigenvalue weighted by atomic mass is 10.0. The van der Waals surface area contributed by atoms with Gasteiger partial charge in [-0.25, -0.2) is 9.79 Å². The summed E-state index contributed by atoms with van der Waals surface area (Å²) in [7, 11) is 1.67. The third-order valence-corrected chi connectivity index (χ3v) is 5.02. The van der Waals surface area contributed by atoms with E-state index in [0.29, 0.717) is 5.71 Å². The molecule has 0 fully saturated rings. The Hall–Kier alpha value is -4.13. The van der Waals surface area contributed by atoms with Gasteiger partial charge in [0.15, 0.2) is 0 Å². The average Bonchev–Trinajstić information content (AvgIpc) is 2.89. The number of benzene rings is 3. The van der Waals surface area contributed by atoms with Crippen LogP contribution in [0.1, 0.15) is 16.7 Å². The van der Waals surface area contributed by atoms with Gasteiger partial charge >= 0.3 is 6.03 Å². The number of likely N-dealkylation sites (N-methyl/N-ethyl adjacent to an activating group) is 1. The minimum Gasteiger partial charge on any atom is -0.508 e. The molecule has 0 aromatic heterocycles. The molecule has 0 unspecified atom stereocenters. The molecule has 4 rings (SSSR count). The predicted octanol–water partition coefficient (Wildman–Crippen LogP) is 3.03. The van der Waals surface area contributed by atoms with E-state index < -0.39 is 12.2 Å². The number of aliphatic imine (C=N–C) groups is 1. The Kier molecular flexibility index (Phi) is 5.66. The van der Waals surface area contributed by atoms with Crippen LogP contribution in [-0.2, 0) is 11.3 Å². The van der Waals surface area contributed by atoms with Gasteiger partial charge in [-0.3, -0.25) is 4.79 Å². The van der Waals surface area contributed by atoms with E-state index in [1.54, 1.807) is 31.3 Å². The number of urea groups is 1. The number of phenolic OH excluding ortho intramolecular Hbond substituents is 1. The standard InChI is InChI=1S/C24H22N4O3/c1-28-20-13-6-5-12-19(20)21(17-9-3-2-4-10-17)26-22(23(28)30)27-24(31)25-15-16-8-7-11-18(29)14-16/h2-14,22,29H,15H2,1H3,(H2,25,27,31)/t22-/m0/s1.